The predicted molar refractivity (Wildman–Crippen MR) is 64.6 cm³/mol. The van der Waals surface area contributed by atoms with Gasteiger partial charge < -0.3 is 10.4 Å². The molecular weight excluding hydrogens is 261 g/mol. The summed E-state index contributed by atoms with van der Waals surface area (Å²) >= 11 is 0. The van der Waals surface area contributed by atoms with Gasteiger partial charge in [-0.1, -0.05) is 6.07 Å². The van der Waals surface area contributed by atoms with Crippen LogP contribution < -0.4 is 5.32 Å². The number of nitrogens with one attached hydrogen (secondary N) is 1. The standard InChI is InChI=1S/C12H15F3N2O2/c13-9-2-1-3-10(6-9)16-12(19)8-17(4-5-18)7-11(14)15/h1-3,6,11,18H,4-5,7-8H2,(H,16,19). The first kappa shape index (κ1) is 15.5. The lowest BCUT2D eigenvalue weighted by atomic mass is 10.3. The molecule has 0 saturated carbocycles. The lowest BCUT2D eigenvalue weighted by molar-refractivity contribution is -0.117. The summed E-state index contributed by atoms with van der Waals surface area (Å²) in [5.74, 6) is -1.04. The van der Waals surface area contributed by atoms with Crippen molar-refractivity contribution in [2.24, 2.45) is 0 Å². The third kappa shape index (κ3) is 6.21. The topological polar surface area (TPSA) is 52.6 Å². The molecule has 0 aliphatic carbocycles. The fraction of sp³-hybridized carbons (Fsp3) is 0.417. The van der Waals surface area contributed by atoms with Crippen molar-refractivity contribution in [2.75, 3.05) is 31.6 Å². The lowest BCUT2D eigenvalue weighted by Crippen LogP contribution is -2.38. The number of anilines is 1. The minimum absolute atomic E-state index is 0.0269. The maximum atomic E-state index is 12.9. The SMILES string of the molecule is O=C(CN(CCO)CC(F)F)Nc1cccc(F)c1. The van der Waals surface area contributed by atoms with Gasteiger partial charge in [0.1, 0.15) is 5.82 Å². The highest BCUT2D eigenvalue weighted by Crippen LogP contribution is 2.09. The number of nitrogens with zero attached hydrogens (tertiary/aromatic N) is 1. The molecule has 0 aromatic heterocycles. The van der Waals surface area contributed by atoms with Crippen LogP contribution in [0.4, 0.5) is 18.9 Å². The monoisotopic (exact) mass is 276 g/mol. The van der Waals surface area contributed by atoms with Crippen LogP contribution in [0.15, 0.2) is 24.3 Å². The van der Waals surface area contributed by atoms with Gasteiger partial charge in [-0.25, -0.2) is 13.2 Å². The predicted octanol–water partition coefficient (Wildman–Crippen LogP) is 1.32. The zero-order valence-corrected chi connectivity index (χ0v) is 10.2. The highest BCUT2D eigenvalue weighted by Gasteiger charge is 2.15. The molecule has 0 spiro atoms. The van der Waals surface area contributed by atoms with Crippen molar-refractivity contribution in [1.82, 2.24) is 4.90 Å². The smallest absolute Gasteiger partial charge is 0.251 e. The van der Waals surface area contributed by atoms with Gasteiger partial charge in [0.25, 0.3) is 6.43 Å². The molecule has 0 atom stereocenters. The maximum Gasteiger partial charge on any atom is 0.251 e. The first-order valence-electron chi connectivity index (χ1n) is 5.68. The molecule has 1 aromatic rings. The summed E-state index contributed by atoms with van der Waals surface area (Å²) in [6.07, 6.45) is -2.59. The summed E-state index contributed by atoms with van der Waals surface area (Å²) < 4.78 is 37.3. The summed E-state index contributed by atoms with van der Waals surface area (Å²) in [5, 5.41) is 11.1. The van der Waals surface area contributed by atoms with E-state index in [0.717, 1.165) is 11.0 Å². The average molecular weight is 276 g/mol. The summed E-state index contributed by atoms with van der Waals surface area (Å²) in [6, 6.07) is 5.27. The number of halogens is 3. The molecule has 4 nitrogen and oxygen atoms in total. The Kier molecular flexibility index (Phi) is 6.31. The third-order valence-corrected chi connectivity index (χ3v) is 2.29. The molecule has 1 aromatic carbocycles. The summed E-state index contributed by atoms with van der Waals surface area (Å²) in [4.78, 5) is 12.7. The van der Waals surface area contributed by atoms with Crippen LogP contribution in [0.3, 0.4) is 0 Å². The van der Waals surface area contributed by atoms with Gasteiger partial charge in [0.15, 0.2) is 0 Å². The van der Waals surface area contributed by atoms with Crippen LogP contribution in [0.2, 0.25) is 0 Å². The Balaban J connectivity index is 2.52. The molecule has 0 radical (unpaired) electrons. The number of amides is 1. The number of carbonyl (C=O) groups is 1. The Morgan fingerprint density at radius 2 is 2.16 bits per heavy atom. The number of aliphatic hydroxyl groups excluding tert-OH is 1. The number of rotatable bonds is 7. The minimum Gasteiger partial charge on any atom is -0.395 e. The second-order valence-electron chi connectivity index (χ2n) is 3.91. The first-order valence-corrected chi connectivity index (χ1v) is 5.68. The van der Waals surface area contributed by atoms with E-state index in [0.29, 0.717) is 0 Å². The minimum atomic E-state index is -2.59. The largest absolute Gasteiger partial charge is 0.395 e. The van der Waals surface area contributed by atoms with E-state index >= 15 is 0 Å². The Morgan fingerprint density at radius 3 is 2.74 bits per heavy atom. The number of alkyl halides is 2. The van der Waals surface area contributed by atoms with Gasteiger partial charge >= 0.3 is 0 Å². The quantitative estimate of drug-likeness (QED) is 0.790. The Labute approximate surface area is 108 Å². The first-order chi connectivity index (χ1) is 9.01. The molecule has 19 heavy (non-hydrogen) atoms. The number of carbonyl (C=O) groups excluding carboxylic acids is 1. The van der Waals surface area contributed by atoms with Crippen LogP contribution in [0.25, 0.3) is 0 Å². The van der Waals surface area contributed by atoms with Crippen LogP contribution >= 0.6 is 0 Å². The van der Waals surface area contributed by atoms with Gasteiger partial charge in [0.2, 0.25) is 5.91 Å². The average Bonchev–Trinajstić information content (AvgIpc) is 2.27. The molecule has 0 saturated heterocycles. The Hall–Kier alpha value is -1.60. The van der Waals surface area contributed by atoms with Crippen molar-refractivity contribution in [3.63, 3.8) is 0 Å². The van der Waals surface area contributed by atoms with E-state index in [4.69, 9.17) is 5.11 Å². The molecular formula is C12H15F3N2O2. The highest BCUT2D eigenvalue weighted by molar-refractivity contribution is 5.92. The summed E-state index contributed by atoms with van der Waals surface area (Å²) in [6.45, 7) is -1.24. The van der Waals surface area contributed by atoms with E-state index in [9.17, 15) is 18.0 Å². The summed E-state index contributed by atoms with van der Waals surface area (Å²) in [5.41, 5.74) is 0.256. The van der Waals surface area contributed by atoms with E-state index in [-0.39, 0.29) is 25.4 Å². The van der Waals surface area contributed by atoms with Gasteiger partial charge in [-0.15, -0.1) is 0 Å². The van der Waals surface area contributed by atoms with Crippen molar-refractivity contribution in [3.8, 4) is 0 Å². The van der Waals surface area contributed by atoms with Crippen LogP contribution in [0, 0.1) is 5.82 Å². The number of benzene rings is 1. The number of hydrogen-bond donors (Lipinski definition) is 2. The molecule has 0 heterocycles. The lowest BCUT2D eigenvalue weighted by Gasteiger charge is -2.20. The van der Waals surface area contributed by atoms with Crippen molar-refractivity contribution in [2.45, 2.75) is 6.43 Å². The van der Waals surface area contributed by atoms with Gasteiger partial charge in [-0.3, -0.25) is 9.69 Å². The van der Waals surface area contributed by atoms with Crippen LogP contribution in [0.5, 0.6) is 0 Å². The van der Waals surface area contributed by atoms with Gasteiger partial charge in [-0.05, 0) is 18.2 Å². The zero-order chi connectivity index (χ0) is 14.3. The fourth-order valence-electron chi connectivity index (χ4n) is 1.54. The van der Waals surface area contributed by atoms with Crippen LogP contribution in [-0.2, 0) is 4.79 Å². The maximum absolute atomic E-state index is 12.9. The number of aliphatic hydroxyl groups is 1. The molecule has 0 aliphatic rings. The molecule has 106 valence electrons. The van der Waals surface area contributed by atoms with E-state index in [1.165, 1.54) is 18.2 Å². The van der Waals surface area contributed by atoms with Crippen molar-refractivity contribution in [3.05, 3.63) is 30.1 Å². The molecule has 1 rings (SSSR count). The Bertz CT molecular complexity index is 416. The molecule has 0 aliphatic heterocycles. The van der Waals surface area contributed by atoms with Crippen LogP contribution in [0.1, 0.15) is 0 Å². The Morgan fingerprint density at radius 1 is 1.42 bits per heavy atom. The van der Waals surface area contributed by atoms with Gasteiger partial charge in [0.05, 0.1) is 19.7 Å². The van der Waals surface area contributed by atoms with Crippen LogP contribution in [-0.4, -0.2) is 48.6 Å². The third-order valence-electron chi connectivity index (χ3n) is 2.29. The molecule has 2 N–H and O–H groups in total. The van der Waals surface area contributed by atoms with Crippen molar-refractivity contribution in [1.29, 1.82) is 0 Å². The zero-order valence-electron chi connectivity index (χ0n) is 10.2. The summed E-state index contributed by atoms with van der Waals surface area (Å²) in [7, 11) is 0. The second kappa shape index (κ2) is 7.75. The van der Waals surface area contributed by atoms with Crippen molar-refractivity contribution >= 4 is 11.6 Å². The van der Waals surface area contributed by atoms with Crippen molar-refractivity contribution < 1.29 is 23.1 Å². The molecule has 0 unspecified atom stereocenters. The van der Waals surface area contributed by atoms with E-state index < -0.39 is 24.7 Å². The molecule has 0 bridgehead atoms. The highest BCUT2D eigenvalue weighted by atomic mass is 19.3. The van der Waals surface area contributed by atoms with E-state index in [1.807, 2.05) is 0 Å². The van der Waals surface area contributed by atoms with E-state index in [2.05, 4.69) is 5.32 Å². The number of hydrogen-bond acceptors (Lipinski definition) is 3. The van der Waals surface area contributed by atoms with Gasteiger partial charge in [-0.2, -0.15) is 0 Å². The molecule has 1 amide bonds. The second-order valence-corrected chi connectivity index (χ2v) is 3.91. The fourth-order valence-corrected chi connectivity index (χ4v) is 1.54. The normalized spacial score (nSPS) is 11.1. The molecule has 0 fully saturated rings. The molecule has 7 heteroatoms. The van der Waals surface area contributed by atoms with Gasteiger partial charge in [0, 0.05) is 12.2 Å². The van der Waals surface area contributed by atoms with E-state index in [1.54, 1.807) is 0 Å².